The highest BCUT2D eigenvalue weighted by atomic mass is 32.2. The molecule has 0 aromatic heterocycles. The Morgan fingerprint density at radius 3 is 2.48 bits per heavy atom. The normalized spacial score (nSPS) is 19.0. The fraction of sp³-hybridized carbons (Fsp3) is 0.381. The van der Waals surface area contributed by atoms with Crippen molar-refractivity contribution in [2.75, 3.05) is 25.4 Å². The van der Waals surface area contributed by atoms with Crippen LogP contribution in [0.5, 0.6) is 0 Å². The molecule has 0 radical (unpaired) electrons. The number of thioether (sulfide) groups is 1. The van der Waals surface area contributed by atoms with Crippen LogP contribution >= 0.6 is 11.8 Å². The van der Waals surface area contributed by atoms with E-state index in [4.69, 9.17) is 5.73 Å². The monoisotopic (exact) mass is 354 g/mol. The Bertz CT molecular complexity index is 662. The summed E-state index contributed by atoms with van der Waals surface area (Å²) in [7, 11) is 0. The van der Waals surface area contributed by atoms with E-state index in [1.165, 1.54) is 11.3 Å². The first-order valence-electron chi connectivity index (χ1n) is 8.98. The van der Waals surface area contributed by atoms with Gasteiger partial charge in [-0.1, -0.05) is 48.5 Å². The number of nitrogens with two attached hydrogens (primary N) is 1. The summed E-state index contributed by atoms with van der Waals surface area (Å²) >= 11 is 1.91. The molecular formula is C21H26N2OS. The predicted octanol–water partition coefficient (Wildman–Crippen LogP) is 3.76. The van der Waals surface area contributed by atoms with Gasteiger partial charge in [-0.15, -0.1) is 11.8 Å². The van der Waals surface area contributed by atoms with Crippen molar-refractivity contribution in [1.82, 2.24) is 4.90 Å². The lowest BCUT2D eigenvalue weighted by Crippen LogP contribution is -2.30. The molecule has 0 saturated carbocycles. The van der Waals surface area contributed by atoms with Crippen LogP contribution in [0.1, 0.15) is 24.3 Å². The Kier molecular flexibility index (Phi) is 6.54. The van der Waals surface area contributed by atoms with Gasteiger partial charge in [-0.2, -0.15) is 0 Å². The zero-order valence-corrected chi connectivity index (χ0v) is 15.3. The maximum absolute atomic E-state index is 12.0. The van der Waals surface area contributed by atoms with Crippen LogP contribution < -0.4 is 5.73 Å². The Morgan fingerprint density at radius 1 is 1.12 bits per heavy atom. The summed E-state index contributed by atoms with van der Waals surface area (Å²) in [6.45, 7) is 3.13. The zero-order chi connectivity index (χ0) is 17.5. The van der Waals surface area contributed by atoms with Crippen LogP contribution in [0.15, 0.2) is 65.6 Å². The van der Waals surface area contributed by atoms with E-state index < -0.39 is 0 Å². The van der Waals surface area contributed by atoms with Crippen molar-refractivity contribution in [2.45, 2.75) is 23.7 Å². The second-order valence-electron chi connectivity index (χ2n) is 6.66. The fourth-order valence-corrected chi connectivity index (χ4v) is 4.52. The third-order valence-electron chi connectivity index (χ3n) is 4.88. The molecular weight excluding hydrogens is 328 g/mol. The van der Waals surface area contributed by atoms with Gasteiger partial charge in [0.25, 0.3) is 0 Å². The molecule has 1 fully saturated rings. The number of rotatable bonds is 8. The third kappa shape index (κ3) is 5.10. The Balaban J connectivity index is 1.46. The average Bonchev–Trinajstić information content (AvgIpc) is 3.09. The number of likely N-dealkylation sites (tertiary alicyclic amines) is 1. The van der Waals surface area contributed by atoms with Gasteiger partial charge in [-0.25, -0.2) is 0 Å². The molecule has 1 heterocycles. The number of primary amides is 1. The number of hydrogen-bond acceptors (Lipinski definition) is 3. The van der Waals surface area contributed by atoms with Gasteiger partial charge >= 0.3 is 0 Å². The van der Waals surface area contributed by atoms with E-state index in [9.17, 15) is 4.79 Å². The molecule has 132 valence electrons. The van der Waals surface area contributed by atoms with Crippen LogP contribution in [-0.2, 0) is 4.79 Å². The van der Waals surface area contributed by atoms with Gasteiger partial charge in [0.2, 0.25) is 5.91 Å². The molecule has 0 spiro atoms. The molecule has 1 saturated heterocycles. The number of hydrogen-bond donors (Lipinski definition) is 1. The molecule has 2 aromatic rings. The summed E-state index contributed by atoms with van der Waals surface area (Å²) in [5, 5.41) is 0. The number of amides is 1. The van der Waals surface area contributed by atoms with E-state index in [0.717, 1.165) is 37.4 Å². The SMILES string of the molecule is NC(=O)C(c1ccccc1)[C@@H]1CCN(CCCSc2ccccc2)C1. The van der Waals surface area contributed by atoms with E-state index in [2.05, 4.69) is 35.2 Å². The highest BCUT2D eigenvalue weighted by Gasteiger charge is 2.33. The maximum atomic E-state index is 12.0. The van der Waals surface area contributed by atoms with Crippen LogP contribution in [0.25, 0.3) is 0 Å². The molecule has 25 heavy (non-hydrogen) atoms. The van der Waals surface area contributed by atoms with Gasteiger partial charge in [0, 0.05) is 11.4 Å². The van der Waals surface area contributed by atoms with Crippen LogP contribution in [0.3, 0.4) is 0 Å². The van der Waals surface area contributed by atoms with Crippen LogP contribution in [0, 0.1) is 5.92 Å². The molecule has 4 heteroatoms. The first-order chi connectivity index (χ1) is 12.2. The summed E-state index contributed by atoms with van der Waals surface area (Å²) in [6.07, 6.45) is 2.22. The Hall–Kier alpha value is -1.78. The lowest BCUT2D eigenvalue weighted by molar-refractivity contribution is -0.120. The van der Waals surface area contributed by atoms with Gasteiger partial charge in [0.05, 0.1) is 5.92 Å². The smallest absolute Gasteiger partial charge is 0.225 e. The van der Waals surface area contributed by atoms with Gasteiger partial charge in [-0.3, -0.25) is 4.79 Å². The highest BCUT2D eigenvalue weighted by molar-refractivity contribution is 7.99. The standard InChI is InChI=1S/C21H26N2OS/c22-21(24)20(17-8-3-1-4-9-17)18-12-14-23(16-18)13-7-15-25-19-10-5-2-6-11-19/h1-6,8-11,18,20H,7,12-16H2,(H2,22,24)/t18-,20?/m1/s1. The highest BCUT2D eigenvalue weighted by Crippen LogP contribution is 2.32. The average molecular weight is 355 g/mol. The Labute approximate surface area is 154 Å². The van der Waals surface area contributed by atoms with Gasteiger partial charge in [0.1, 0.15) is 0 Å². The molecule has 0 bridgehead atoms. The van der Waals surface area contributed by atoms with Crippen molar-refractivity contribution < 1.29 is 4.79 Å². The molecule has 3 nitrogen and oxygen atoms in total. The lowest BCUT2D eigenvalue weighted by atomic mass is 9.85. The third-order valence-corrected chi connectivity index (χ3v) is 5.97. The fourth-order valence-electron chi connectivity index (χ4n) is 3.66. The topological polar surface area (TPSA) is 46.3 Å². The van der Waals surface area contributed by atoms with E-state index >= 15 is 0 Å². The first-order valence-corrected chi connectivity index (χ1v) is 9.97. The summed E-state index contributed by atoms with van der Waals surface area (Å²) in [5.41, 5.74) is 6.78. The van der Waals surface area contributed by atoms with Crippen LogP contribution in [0.4, 0.5) is 0 Å². The molecule has 2 N–H and O–H groups in total. The zero-order valence-electron chi connectivity index (χ0n) is 14.5. The van der Waals surface area contributed by atoms with Gasteiger partial charge < -0.3 is 10.6 Å². The van der Waals surface area contributed by atoms with Crippen molar-refractivity contribution in [2.24, 2.45) is 11.7 Å². The van der Waals surface area contributed by atoms with E-state index in [1.54, 1.807) is 0 Å². The van der Waals surface area contributed by atoms with E-state index in [0.29, 0.717) is 5.92 Å². The molecule has 1 aliphatic heterocycles. The van der Waals surface area contributed by atoms with Crippen LogP contribution in [0.2, 0.25) is 0 Å². The minimum absolute atomic E-state index is 0.162. The molecule has 1 aliphatic rings. The predicted molar refractivity (Wildman–Crippen MR) is 105 cm³/mol. The largest absolute Gasteiger partial charge is 0.369 e. The second kappa shape index (κ2) is 9.07. The maximum Gasteiger partial charge on any atom is 0.225 e. The van der Waals surface area contributed by atoms with Crippen molar-refractivity contribution in [3.8, 4) is 0 Å². The number of carbonyl (C=O) groups is 1. The molecule has 0 aliphatic carbocycles. The molecule has 3 rings (SSSR count). The van der Waals surface area contributed by atoms with Crippen LogP contribution in [-0.4, -0.2) is 36.2 Å². The second-order valence-corrected chi connectivity index (χ2v) is 7.82. The summed E-state index contributed by atoms with van der Waals surface area (Å²) < 4.78 is 0. The molecule has 2 aromatic carbocycles. The van der Waals surface area contributed by atoms with E-state index in [1.807, 2.05) is 42.1 Å². The molecule has 1 unspecified atom stereocenters. The minimum atomic E-state index is -0.197. The number of carbonyl (C=O) groups excluding carboxylic acids is 1. The quantitative estimate of drug-likeness (QED) is 0.580. The van der Waals surface area contributed by atoms with Crippen molar-refractivity contribution in [3.05, 3.63) is 66.2 Å². The van der Waals surface area contributed by atoms with Crippen molar-refractivity contribution in [1.29, 1.82) is 0 Å². The molecule has 2 atom stereocenters. The number of benzene rings is 2. The van der Waals surface area contributed by atoms with Crippen molar-refractivity contribution >= 4 is 17.7 Å². The molecule has 1 amide bonds. The summed E-state index contributed by atoms with van der Waals surface area (Å²) in [5.74, 6) is 1.10. The number of nitrogens with zero attached hydrogens (tertiary/aromatic N) is 1. The van der Waals surface area contributed by atoms with Crippen molar-refractivity contribution in [3.63, 3.8) is 0 Å². The summed E-state index contributed by atoms with van der Waals surface area (Å²) in [6, 6.07) is 20.5. The first kappa shape index (κ1) is 18.0. The Morgan fingerprint density at radius 2 is 1.80 bits per heavy atom. The minimum Gasteiger partial charge on any atom is -0.369 e. The van der Waals surface area contributed by atoms with Gasteiger partial charge in [0.15, 0.2) is 0 Å². The van der Waals surface area contributed by atoms with Gasteiger partial charge in [-0.05, 0) is 55.3 Å². The summed E-state index contributed by atoms with van der Waals surface area (Å²) in [4.78, 5) is 15.8. The lowest BCUT2D eigenvalue weighted by Gasteiger charge is -2.22. The van der Waals surface area contributed by atoms with E-state index in [-0.39, 0.29) is 11.8 Å².